The second-order valence-corrected chi connectivity index (χ2v) is 6.68. The van der Waals surface area contributed by atoms with Gasteiger partial charge in [-0.3, -0.25) is 0 Å². The number of allylic oxidation sites excluding steroid dienone is 4. The van der Waals surface area contributed by atoms with Gasteiger partial charge in [0, 0.05) is 16.5 Å². The van der Waals surface area contributed by atoms with Gasteiger partial charge in [0.1, 0.15) is 29.6 Å². The van der Waals surface area contributed by atoms with Crippen molar-refractivity contribution in [3.8, 4) is 11.3 Å². The van der Waals surface area contributed by atoms with Crippen molar-refractivity contribution in [2.45, 2.75) is 19.8 Å². The summed E-state index contributed by atoms with van der Waals surface area (Å²) in [6, 6.07) is 10.6. The Bertz CT molecular complexity index is 1170. The van der Waals surface area contributed by atoms with Gasteiger partial charge in [0.05, 0.1) is 12.8 Å². The number of fused-ring (bicyclic) bond motifs is 1. The number of carbonyl (C=O) groups is 1. The Balaban J connectivity index is 1.77. The van der Waals surface area contributed by atoms with E-state index in [0.29, 0.717) is 11.3 Å². The summed E-state index contributed by atoms with van der Waals surface area (Å²) in [5.41, 5.74) is 1.59. The number of alkyl halides is 3. The van der Waals surface area contributed by atoms with E-state index in [4.69, 9.17) is 9.15 Å². The molecule has 0 radical (unpaired) electrons. The summed E-state index contributed by atoms with van der Waals surface area (Å²) in [5, 5.41) is 10.3. The Morgan fingerprint density at radius 3 is 2.66 bits per heavy atom. The van der Waals surface area contributed by atoms with E-state index in [9.17, 15) is 23.1 Å². The van der Waals surface area contributed by atoms with E-state index in [0.717, 1.165) is 23.9 Å². The molecule has 0 fully saturated rings. The lowest BCUT2D eigenvalue weighted by atomic mass is 10.1. The van der Waals surface area contributed by atoms with Gasteiger partial charge in [-0.05, 0) is 61.5 Å². The molecule has 2 aromatic heterocycles. The lowest BCUT2D eigenvalue weighted by Gasteiger charge is -2.11. The van der Waals surface area contributed by atoms with Crippen LogP contribution in [-0.2, 0) is 16.0 Å². The molecule has 0 aliphatic heterocycles. The van der Waals surface area contributed by atoms with Crippen LogP contribution in [0.3, 0.4) is 0 Å². The molecule has 1 N–H and O–H groups in total. The fourth-order valence-corrected chi connectivity index (χ4v) is 3.13. The van der Waals surface area contributed by atoms with Crippen LogP contribution in [0.1, 0.15) is 17.4 Å². The summed E-state index contributed by atoms with van der Waals surface area (Å²) in [5.74, 6) is -0.581. The first-order chi connectivity index (χ1) is 15.2. The van der Waals surface area contributed by atoms with Crippen LogP contribution in [-0.4, -0.2) is 28.6 Å². The molecule has 6 nitrogen and oxygen atoms in total. The molecule has 0 unspecified atom stereocenters. The Hall–Kier alpha value is -3.88. The molecular weight excluding hydrogens is 427 g/mol. The fraction of sp³-hybridized carbons (Fsp3) is 0.174. The number of rotatable bonds is 9. The molecule has 1 aromatic carbocycles. The summed E-state index contributed by atoms with van der Waals surface area (Å²) in [6.45, 7) is 4.98. The lowest BCUT2D eigenvalue weighted by molar-refractivity contribution is -0.305. The minimum atomic E-state index is -4.77. The topological polar surface area (TPSA) is 73.8 Å². The highest BCUT2D eigenvalue weighted by Crippen LogP contribution is 2.27. The maximum Gasteiger partial charge on any atom is 0.572 e. The Labute approximate surface area is 181 Å². The van der Waals surface area contributed by atoms with Crippen LogP contribution in [0.2, 0.25) is 0 Å². The molecule has 0 saturated carbocycles. The normalized spacial score (nSPS) is 12.8. The standard InChI is InChI=1S/C23H20F3NO5/c1-3-18(8-6-15(2)32-23(24,25)26)30-12-10-27-19-9-7-16(21-5-4-11-31-21)13-17(19)14-20(27)22(28)29/h3-9,11,13-14H,1,10,12H2,2H3,(H,28,29). The predicted molar refractivity (Wildman–Crippen MR) is 112 cm³/mol. The first kappa shape index (κ1) is 22.8. The van der Waals surface area contributed by atoms with Crippen LogP contribution < -0.4 is 0 Å². The average molecular weight is 447 g/mol. The zero-order valence-corrected chi connectivity index (χ0v) is 17.1. The lowest BCUT2D eigenvalue weighted by Crippen LogP contribution is -2.12. The van der Waals surface area contributed by atoms with Gasteiger partial charge >= 0.3 is 12.3 Å². The SMILES string of the molecule is C=CC(=CC=C(C)OC(F)(F)F)OCCn1c(C(=O)O)cc2cc(-c3ccco3)ccc21. The minimum Gasteiger partial charge on any atom is -0.492 e. The fourth-order valence-electron chi connectivity index (χ4n) is 3.13. The number of benzene rings is 1. The zero-order chi connectivity index (χ0) is 23.3. The van der Waals surface area contributed by atoms with E-state index >= 15 is 0 Å². The number of ether oxygens (including phenoxy) is 2. The second kappa shape index (κ2) is 9.51. The predicted octanol–water partition coefficient (Wildman–Crippen LogP) is 6.13. The van der Waals surface area contributed by atoms with Crippen molar-refractivity contribution in [3.05, 3.63) is 84.7 Å². The van der Waals surface area contributed by atoms with E-state index in [1.165, 1.54) is 12.2 Å². The number of aromatic carboxylic acids is 1. The molecule has 32 heavy (non-hydrogen) atoms. The molecule has 0 bridgehead atoms. The highest BCUT2D eigenvalue weighted by Gasteiger charge is 2.30. The molecule has 0 atom stereocenters. The number of nitrogens with zero attached hydrogens (tertiary/aromatic N) is 1. The quantitative estimate of drug-likeness (QED) is 0.316. The zero-order valence-electron chi connectivity index (χ0n) is 17.1. The number of hydrogen-bond acceptors (Lipinski definition) is 4. The smallest absolute Gasteiger partial charge is 0.492 e. The largest absolute Gasteiger partial charge is 0.572 e. The summed E-state index contributed by atoms with van der Waals surface area (Å²) >= 11 is 0. The van der Waals surface area contributed by atoms with E-state index in [2.05, 4.69) is 11.3 Å². The van der Waals surface area contributed by atoms with Crippen LogP contribution in [0.5, 0.6) is 0 Å². The van der Waals surface area contributed by atoms with E-state index in [1.807, 2.05) is 18.2 Å². The molecular formula is C23H20F3NO5. The molecule has 168 valence electrons. The molecule has 2 heterocycles. The number of carboxylic acid groups (broad SMARTS) is 1. The molecule has 0 aliphatic carbocycles. The van der Waals surface area contributed by atoms with Crippen LogP contribution in [0, 0.1) is 0 Å². The first-order valence-corrected chi connectivity index (χ1v) is 9.48. The second-order valence-electron chi connectivity index (χ2n) is 6.68. The van der Waals surface area contributed by atoms with Crippen LogP contribution >= 0.6 is 0 Å². The Morgan fingerprint density at radius 1 is 1.25 bits per heavy atom. The molecule has 0 aliphatic rings. The monoisotopic (exact) mass is 447 g/mol. The summed E-state index contributed by atoms with van der Waals surface area (Å²) in [6.07, 6.45) is 0.507. The molecule has 0 spiro atoms. The summed E-state index contributed by atoms with van der Waals surface area (Å²) in [7, 11) is 0. The van der Waals surface area contributed by atoms with Gasteiger partial charge in [-0.1, -0.05) is 6.58 Å². The van der Waals surface area contributed by atoms with Crippen LogP contribution in [0.25, 0.3) is 22.2 Å². The van der Waals surface area contributed by atoms with Crippen molar-refractivity contribution >= 4 is 16.9 Å². The summed E-state index contributed by atoms with van der Waals surface area (Å²) < 4.78 is 53.0. The molecule has 9 heteroatoms. The highest BCUT2D eigenvalue weighted by molar-refractivity contribution is 5.96. The van der Waals surface area contributed by atoms with Gasteiger partial charge in [0.2, 0.25) is 0 Å². The summed E-state index contributed by atoms with van der Waals surface area (Å²) in [4.78, 5) is 11.7. The Kier molecular flexibility index (Phi) is 6.77. The van der Waals surface area contributed by atoms with E-state index < -0.39 is 12.3 Å². The van der Waals surface area contributed by atoms with Crippen molar-refractivity contribution in [3.63, 3.8) is 0 Å². The third kappa shape index (κ3) is 5.63. The number of furan rings is 1. The minimum absolute atomic E-state index is 0.0643. The maximum atomic E-state index is 12.2. The number of aromatic nitrogens is 1. The molecule has 3 aromatic rings. The van der Waals surface area contributed by atoms with Crippen LogP contribution in [0.15, 0.2) is 83.4 Å². The molecule has 0 amide bonds. The number of hydrogen-bond donors (Lipinski definition) is 1. The van der Waals surface area contributed by atoms with Crippen molar-refractivity contribution in [2.24, 2.45) is 0 Å². The van der Waals surface area contributed by atoms with Gasteiger partial charge in [-0.25, -0.2) is 4.79 Å². The average Bonchev–Trinajstić information content (AvgIpc) is 3.37. The van der Waals surface area contributed by atoms with Crippen LogP contribution in [0.4, 0.5) is 13.2 Å². The third-order valence-corrected chi connectivity index (χ3v) is 4.47. The van der Waals surface area contributed by atoms with E-state index in [-0.39, 0.29) is 30.4 Å². The number of halogens is 3. The van der Waals surface area contributed by atoms with Gasteiger partial charge < -0.3 is 23.6 Å². The Morgan fingerprint density at radius 2 is 2.03 bits per heavy atom. The van der Waals surface area contributed by atoms with Gasteiger partial charge in [0.15, 0.2) is 0 Å². The van der Waals surface area contributed by atoms with Crippen molar-refractivity contribution < 1.29 is 37.0 Å². The van der Waals surface area contributed by atoms with E-state index in [1.54, 1.807) is 29.0 Å². The highest BCUT2D eigenvalue weighted by atomic mass is 19.4. The first-order valence-electron chi connectivity index (χ1n) is 9.48. The number of carboxylic acids is 1. The molecule has 0 saturated heterocycles. The third-order valence-electron chi connectivity index (χ3n) is 4.47. The molecule has 3 rings (SSSR count). The van der Waals surface area contributed by atoms with Gasteiger partial charge in [-0.15, -0.1) is 13.2 Å². The van der Waals surface area contributed by atoms with Crippen molar-refractivity contribution in [2.75, 3.05) is 6.61 Å². The van der Waals surface area contributed by atoms with Crippen molar-refractivity contribution in [1.82, 2.24) is 4.57 Å². The van der Waals surface area contributed by atoms with Crippen molar-refractivity contribution in [1.29, 1.82) is 0 Å². The van der Waals surface area contributed by atoms with Gasteiger partial charge in [0.25, 0.3) is 0 Å². The maximum absolute atomic E-state index is 12.2. The van der Waals surface area contributed by atoms with Gasteiger partial charge in [-0.2, -0.15) is 0 Å².